The van der Waals surface area contributed by atoms with Crippen LogP contribution in [0.5, 0.6) is 0 Å². The summed E-state index contributed by atoms with van der Waals surface area (Å²) in [5.74, 6) is 0.803. The van der Waals surface area contributed by atoms with Crippen LogP contribution in [0.15, 0.2) is 24.3 Å². The molecule has 1 fully saturated rings. The number of likely N-dealkylation sites (tertiary alicyclic amines) is 1. The van der Waals surface area contributed by atoms with Crippen molar-refractivity contribution in [3.8, 4) is 0 Å². The van der Waals surface area contributed by atoms with E-state index < -0.39 is 0 Å². The molecule has 2 unspecified atom stereocenters. The molecule has 0 amide bonds. The summed E-state index contributed by atoms with van der Waals surface area (Å²) in [4.78, 5) is 2.64. The number of rotatable bonds is 3. The van der Waals surface area contributed by atoms with E-state index in [1.807, 2.05) is 0 Å². The highest BCUT2D eigenvalue weighted by Crippen LogP contribution is 2.26. The second kappa shape index (κ2) is 4.79. The Kier molecular flexibility index (Phi) is 3.41. The van der Waals surface area contributed by atoms with Gasteiger partial charge in [0.25, 0.3) is 0 Å². The molecular formula is C13H21N. The van der Waals surface area contributed by atoms with Crippen LogP contribution in [0.25, 0.3) is 0 Å². The number of allylic oxidation sites excluding steroid dienone is 4. The van der Waals surface area contributed by atoms with Crippen LogP contribution in [0.2, 0.25) is 0 Å². The van der Waals surface area contributed by atoms with Crippen LogP contribution in [0.1, 0.15) is 32.6 Å². The fourth-order valence-corrected chi connectivity index (χ4v) is 2.73. The third-order valence-electron chi connectivity index (χ3n) is 3.55. The van der Waals surface area contributed by atoms with E-state index in [-0.39, 0.29) is 0 Å². The number of hydrogen-bond donors (Lipinski definition) is 0. The van der Waals surface area contributed by atoms with Crippen LogP contribution in [0, 0.1) is 5.92 Å². The first-order valence-corrected chi connectivity index (χ1v) is 5.97. The zero-order chi connectivity index (χ0) is 9.80. The molecule has 1 aliphatic heterocycles. The van der Waals surface area contributed by atoms with Gasteiger partial charge < -0.3 is 4.90 Å². The minimum absolute atomic E-state index is 0.803. The third kappa shape index (κ3) is 2.27. The van der Waals surface area contributed by atoms with Gasteiger partial charge in [0.1, 0.15) is 0 Å². The van der Waals surface area contributed by atoms with Gasteiger partial charge in [-0.15, -0.1) is 0 Å². The average Bonchev–Trinajstić information content (AvgIpc) is 2.67. The van der Waals surface area contributed by atoms with Gasteiger partial charge >= 0.3 is 0 Å². The molecule has 0 bridgehead atoms. The summed E-state index contributed by atoms with van der Waals surface area (Å²) in [6.07, 6.45) is 14.5. The normalized spacial score (nSPS) is 32.6. The lowest BCUT2D eigenvalue weighted by molar-refractivity contribution is 0.239. The lowest BCUT2D eigenvalue weighted by atomic mass is 9.92. The molecule has 14 heavy (non-hydrogen) atoms. The van der Waals surface area contributed by atoms with E-state index in [2.05, 4.69) is 36.1 Å². The van der Waals surface area contributed by atoms with E-state index in [4.69, 9.17) is 0 Å². The van der Waals surface area contributed by atoms with E-state index in [1.165, 1.54) is 38.8 Å². The van der Waals surface area contributed by atoms with Gasteiger partial charge in [0, 0.05) is 6.04 Å². The molecule has 0 saturated carbocycles. The van der Waals surface area contributed by atoms with Crippen molar-refractivity contribution in [3.63, 3.8) is 0 Å². The van der Waals surface area contributed by atoms with Gasteiger partial charge in [-0.05, 0) is 44.7 Å². The van der Waals surface area contributed by atoms with E-state index in [0.29, 0.717) is 0 Å². The van der Waals surface area contributed by atoms with Crippen LogP contribution in [0.4, 0.5) is 0 Å². The van der Waals surface area contributed by atoms with Gasteiger partial charge in [-0.3, -0.25) is 0 Å². The maximum absolute atomic E-state index is 2.64. The monoisotopic (exact) mass is 191 g/mol. The topological polar surface area (TPSA) is 3.24 Å². The molecule has 1 heterocycles. The number of nitrogens with zero attached hydrogens (tertiary/aromatic N) is 1. The fraction of sp³-hybridized carbons (Fsp3) is 0.692. The summed E-state index contributed by atoms with van der Waals surface area (Å²) in [6.45, 7) is 4.85. The maximum Gasteiger partial charge on any atom is 0.0101 e. The van der Waals surface area contributed by atoms with Crippen LogP contribution in [-0.2, 0) is 0 Å². The molecule has 0 spiro atoms. The molecule has 0 aromatic heterocycles. The Balaban J connectivity index is 1.84. The van der Waals surface area contributed by atoms with Crippen molar-refractivity contribution in [1.82, 2.24) is 4.90 Å². The number of hydrogen-bond acceptors (Lipinski definition) is 1. The predicted molar refractivity (Wildman–Crippen MR) is 61.3 cm³/mol. The largest absolute Gasteiger partial charge is 0.301 e. The fourth-order valence-electron chi connectivity index (χ4n) is 2.73. The van der Waals surface area contributed by atoms with Crippen molar-refractivity contribution in [1.29, 1.82) is 0 Å². The molecule has 1 nitrogen and oxygen atoms in total. The van der Waals surface area contributed by atoms with Crippen molar-refractivity contribution >= 4 is 0 Å². The van der Waals surface area contributed by atoms with Crippen LogP contribution in [0.3, 0.4) is 0 Å². The van der Waals surface area contributed by atoms with E-state index >= 15 is 0 Å². The minimum Gasteiger partial charge on any atom is -0.301 e. The zero-order valence-corrected chi connectivity index (χ0v) is 9.15. The first-order chi connectivity index (χ1) is 6.90. The van der Waals surface area contributed by atoms with Gasteiger partial charge in [0.05, 0.1) is 0 Å². The molecule has 2 rings (SSSR count). The van der Waals surface area contributed by atoms with Crippen molar-refractivity contribution < 1.29 is 0 Å². The quantitative estimate of drug-likeness (QED) is 0.663. The molecule has 0 aromatic carbocycles. The Morgan fingerprint density at radius 3 is 3.00 bits per heavy atom. The summed E-state index contributed by atoms with van der Waals surface area (Å²) in [5.41, 5.74) is 0. The standard InChI is InChI=1S/C13H21N/c1-2-14-10-6-9-13(14)11-12-7-4-3-5-8-12/h3-5,7,12-13H,2,6,8-11H2,1H3. The highest BCUT2D eigenvalue weighted by atomic mass is 15.2. The van der Waals surface area contributed by atoms with Crippen LogP contribution >= 0.6 is 0 Å². The Morgan fingerprint density at radius 1 is 1.36 bits per heavy atom. The highest BCUT2D eigenvalue weighted by molar-refractivity contribution is 5.11. The molecule has 1 saturated heterocycles. The lowest BCUT2D eigenvalue weighted by Crippen LogP contribution is -2.30. The van der Waals surface area contributed by atoms with Gasteiger partial charge in [-0.1, -0.05) is 31.2 Å². The van der Waals surface area contributed by atoms with Crippen LogP contribution < -0.4 is 0 Å². The predicted octanol–water partition coefficient (Wildman–Crippen LogP) is 2.99. The van der Waals surface area contributed by atoms with Gasteiger partial charge in [0.2, 0.25) is 0 Å². The van der Waals surface area contributed by atoms with Gasteiger partial charge in [0.15, 0.2) is 0 Å². The van der Waals surface area contributed by atoms with Crippen molar-refractivity contribution in [3.05, 3.63) is 24.3 Å². The molecule has 0 radical (unpaired) electrons. The van der Waals surface area contributed by atoms with E-state index in [0.717, 1.165) is 12.0 Å². The molecule has 1 heteroatoms. The second-order valence-electron chi connectivity index (χ2n) is 4.47. The second-order valence-corrected chi connectivity index (χ2v) is 4.47. The Bertz CT molecular complexity index is 229. The summed E-state index contributed by atoms with van der Waals surface area (Å²) < 4.78 is 0. The molecule has 0 N–H and O–H groups in total. The minimum atomic E-state index is 0.803. The Morgan fingerprint density at radius 2 is 2.29 bits per heavy atom. The molecular weight excluding hydrogens is 170 g/mol. The SMILES string of the molecule is CCN1CCCC1CC1C=CC=CC1. The zero-order valence-electron chi connectivity index (χ0n) is 9.15. The lowest BCUT2D eigenvalue weighted by Gasteiger charge is -2.26. The molecule has 2 aliphatic rings. The van der Waals surface area contributed by atoms with Crippen molar-refractivity contribution in [2.24, 2.45) is 5.92 Å². The van der Waals surface area contributed by atoms with E-state index in [1.54, 1.807) is 0 Å². The summed E-state index contributed by atoms with van der Waals surface area (Å²) >= 11 is 0. The van der Waals surface area contributed by atoms with Crippen molar-refractivity contribution in [2.45, 2.75) is 38.6 Å². The Labute approximate surface area is 87.5 Å². The average molecular weight is 191 g/mol. The summed E-state index contributed by atoms with van der Waals surface area (Å²) in [7, 11) is 0. The molecule has 1 aliphatic carbocycles. The van der Waals surface area contributed by atoms with Gasteiger partial charge in [-0.2, -0.15) is 0 Å². The molecule has 0 aromatic rings. The third-order valence-corrected chi connectivity index (χ3v) is 3.55. The van der Waals surface area contributed by atoms with Crippen molar-refractivity contribution in [2.75, 3.05) is 13.1 Å². The van der Waals surface area contributed by atoms with Gasteiger partial charge in [-0.25, -0.2) is 0 Å². The highest BCUT2D eigenvalue weighted by Gasteiger charge is 2.24. The first kappa shape index (κ1) is 9.97. The smallest absolute Gasteiger partial charge is 0.0101 e. The maximum atomic E-state index is 2.64. The Hall–Kier alpha value is -0.560. The molecule has 2 atom stereocenters. The van der Waals surface area contributed by atoms with E-state index in [9.17, 15) is 0 Å². The van der Waals surface area contributed by atoms with Crippen LogP contribution in [-0.4, -0.2) is 24.0 Å². The first-order valence-electron chi connectivity index (χ1n) is 5.97. The summed E-state index contributed by atoms with van der Waals surface area (Å²) in [6, 6.07) is 0.862. The molecule has 78 valence electrons. The summed E-state index contributed by atoms with van der Waals surface area (Å²) in [5, 5.41) is 0.